The summed E-state index contributed by atoms with van der Waals surface area (Å²) in [5, 5.41) is 9.41. The molecule has 2 aromatic rings. The first kappa shape index (κ1) is 22.1. The molecule has 0 fully saturated rings. The molecule has 2 amide bonds. The van der Waals surface area contributed by atoms with Crippen LogP contribution in [0.1, 0.15) is 41.6 Å². The van der Waals surface area contributed by atoms with Gasteiger partial charge in [-0.2, -0.15) is 13.9 Å². The highest BCUT2D eigenvalue weighted by Crippen LogP contribution is 2.30. The van der Waals surface area contributed by atoms with Crippen LogP contribution in [-0.2, 0) is 7.05 Å². The zero-order chi connectivity index (χ0) is 21.6. The Bertz CT molecular complexity index is 868. The highest BCUT2D eigenvalue weighted by Gasteiger charge is 2.20. The van der Waals surface area contributed by atoms with Gasteiger partial charge in [0.25, 0.3) is 11.8 Å². The monoisotopic (exact) mass is 410 g/mol. The zero-order valence-electron chi connectivity index (χ0n) is 16.7. The minimum atomic E-state index is -3.02. The van der Waals surface area contributed by atoms with Crippen LogP contribution < -0.4 is 20.1 Å². The summed E-state index contributed by atoms with van der Waals surface area (Å²) in [6, 6.07) is 3.85. The summed E-state index contributed by atoms with van der Waals surface area (Å²) in [6.45, 7) is 3.26. The maximum atomic E-state index is 12.6. The number of nitrogens with one attached hydrogen (secondary N) is 2. The van der Waals surface area contributed by atoms with Crippen molar-refractivity contribution in [1.82, 2.24) is 15.1 Å². The van der Waals surface area contributed by atoms with Crippen molar-refractivity contribution in [2.24, 2.45) is 13.0 Å². The fraction of sp³-hybridized carbons (Fsp3) is 0.421. The molecule has 0 unspecified atom stereocenters. The Balaban J connectivity index is 2.22. The van der Waals surface area contributed by atoms with E-state index < -0.39 is 12.5 Å². The van der Waals surface area contributed by atoms with Crippen molar-refractivity contribution in [2.45, 2.75) is 27.4 Å². The van der Waals surface area contributed by atoms with E-state index >= 15 is 0 Å². The van der Waals surface area contributed by atoms with Crippen molar-refractivity contribution in [2.75, 3.05) is 18.5 Å². The third-order valence-electron chi connectivity index (χ3n) is 3.79. The molecule has 0 saturated heterocycles. The average molecular weight is 410 g/mol. The van der Waals surface area contributed by atoms with E-state index in [-0.39, 0.29) is 46.9 Å². The Morgan fingerprint density at radius 3 is 2.55 bits per heavy atom. The van der Waals surface area contributed by atoms with Crippen molar-refractivity contribution in [1.29, 1.82) is 0 Å². The Kier molecular flexibility index (Phi) is 7.52. The van der Waals surface area contributed by atoms with Crippen LogP contribution >= 0.6 is 0 Å². The lowest BCUT2D eigenvalue weighted by Crippen LogP contribution is -2.30. The molecule has 0 aliphatic carbocycles. The highest BCUT2D eigenvalue weighted by molar-refractivity contribution is 6.08. The van der Waals surface area contributed by atoms with Gasteiger partial charge < -0.3 is 20.1 Å². The van der Waals surface area contributed by atoms with Crippen LogP contribution in [0.15, 0.2) is 24.4 Å². The molecule has 2 N–H and O–H groups in total. The molecule has 1 heterocycles. The molecule has 0 bridgehead atoms. The number of nitrogens with zero attached hydrogens (tertiary/aromatic N) is 2. The van der Waals surface area contributed by atoms with Crippen LogP contribution in [0, 0.1) is 5.92 Å². The summed E-state index contributed by atoms with van der Waals surface area (Å²) < 4.78 is 36.1. The summed E-state index contributed by atoms with van der Waals surface area (Å²) in [6.07, 6.45) is 1.36. The summed E-state index contributed by atoms with van der Waals surface area (Å²) >= 11 is 0. The number of alkyl halides is 2. The molecular formula is C19H24F2N4O4. The third kappa shape index (κ3) is 5.90. The number of rotatable bonds is 9. The number of halogens is 2. The number of carbonyl (C=O) groups is 2. The fourth-order valence-corrected chi connectivity index (χ4v) is 2.48. The van der Waals surface area contributed by atoms with Crippen LogP contribution in [0.5, 0.6) is 11.5 Å². The standard InChI is InChI=1S/C19H24F2N4O4/c1-5-28-15-8-12(6-7-14(15)29-19(20)21)17(26)24-13-10-23-25(4)16(13)18(27)22-9-11(2)3/h6-8,10-11,19H,5,9H2,1-4H3,(H,22,27)(H,24,26). The smallest absolute Gasteiger partial charge is 0.387 e. The first-order valence-electron chi connectivity index (χ1n) is 9.06. The van der Waals surface area contributed by atoms with Crippen molar-refractivity contribution in [3.8, 4) is 11.5 Å². The number of benzene rings is 1. The molecule has 8 nitrogen and oxygen atoms in total. The molecule has 0 saturated carbocycles. The Morgan fingerprint density at radius 1 is 1.21 bits per heavy atom. The lowest BCUT2D eigenvalue weighted by Gasteiger charge is -2.13. The molecule has 158 valence electrons. The molecule has 1 aromatic heterocycles. The molecule has 2 rings (SSSR count). The first-order valence-corrected chi connectivity index (χ1v) is 9.06. The fourth-order valence-electron chi connectivity index (χ4n) is 2.48. The van der Waals surface area contributed by atoms with Gasteiger partial charge in [0, 0.05) is 19.2 Å². The second-order valence-electron chi connectivity index (χ2n) is 6.56. The maximum Gasteiger partial charge on any atom is 0.387 e. The molecule has 0 radical (unpaired) electrons. The third-order valence-corrected chi connectivity index (χ3v) is 3.79. The number of amides is 2. The lowest BCUT2D eigenvalue weighted by molar-refractivity contribution is -0.0514. The number of aromatic nitrogens is 2. The molecule has 0 atom stereocenters. The van der Waals surface area contributed by atoms with Crippen molar-refractivity contribution >= 4 is 17.5 Å². The van der Waals surface area contributed by atoms with Gasteiger partial charge in [-0.15, -0.1) is 0 Å². The van der Waals surface area contributed by atoms with E-state index in [0.29, 0.717) is 6.54 Å². The molecule has 0 aliphatic heterocycles. The molecule has 10 heteroatoms. The van der Waals surface area contributed by atoms with Gasteiger partial charge in [-0.25, -0.2) is 0 Å². The Morgan fingerprint density at radius 2 is 1.93 bits per heavy atom. The molecular weight excluding hydrogens is 386 g/mol. The first-order chi connectivity index (χ1) is 13.7. The van der Waals surface area contributed by atoms with Crippen molar-refractivity contribution in [3.63, 3.8) is 0 Å². The predicted octanol–water partition coefficient (Wildman–Crippen LogP) is 3.06. The Labute approximate surface area is 167 Å². The number of ether oxygens (including phenoxy) is 2. The van der Waals surface area contributed by atoms with Gasteiger partial charge in [-0.05, 0) is 31.0 Å². The second-order valence-corrected chi connectivity index (χ2v) is 6.56. The highest BCUT2D eigenvalue weighted by atomic mass is 19.3. The second kappa shape index (κ2) is 9.85. The van der Waals surface area contributed by atoms with E-state index in [4.69, 9.17) is 4.74 Å². The van der Waals surface area contributed by atoms with Gasteiger partial charge in [0.15, 0.2) is 11.5 Å². The lowest BCUT2D eigenvalue weighted by atomic mass is 10.1. The zero-order valence-corrected chi connectivity index (χ0v) is 16.7. The maximum absolute atomic E-state index is 12.6. The van der Waals surface area contributed by atoms with E-state index in [0.717, 1.165) is 0 Å². The summed E-state index contributed by atoms with van der Waals surface area (Å²) in [7, 11) is 1.59. The normalized spacial score (nSPS) is 10.9. The van der Waals surface area contributed by atoms with Crippen molar-refractivity contribution < 1.29 is 27.8 Å². The topological polar surface area (TPSA) is 94.5 Å². The molecule has 0 aliphatic rings. The minimum absolute atomic E-state index is 0.0153. The number of aryl methyl sites for hydroxylation is 1. The average Bonchev–Trinajstić information content (AvgIpc) is 3.01. The number of hydrogen-bond acceptors (Lipinski definition) is 5. The quantitative estimate of drug-likeness (QED) is 0.663. The van der Waals surface area contributed by atoms with Gasteiger partial charge >= 0.3 is 6.61 Å². The van der Waals surface area contributed by atoms with E-state index in [1.807, 2.05) is 13.8 Å². The van der Waals surface area contributed by atoms with E-state index in [9.17, 15) is 18.4 Å². The minimum Gasteiger partial charge on any atom is -0.490 e. The molecule has 1 aromatic carbocycles. The molecule has 29 heavy (non-hydrogen) atoms. The van der Waals surface area contributed by atoms with Crippen LogP contribution in [0.3, 0.4) is 0 Å². The van der Waals surface area contributed by atoms with Crippen LogP contribution in [0.4, 0.5) is 14.5 Å². The van der Waals surface area contributed by atoms with Gasteiger partial charge in [0.2, 0.25) is 0 Å². The number of anilines is 1. The largest absolute Gasteiger partial charge is 0.490 e. The van der Waals surface area contributed by atoms with Crippen LogP contribution in [0.2, 0.25) is 0 Å². The van der Waals surface area contributed by atoms with Gasteiger partial charge in [-0.1, -0.05) is 13.8 Å². The Hall–Kier alpha value is -3.17. The van der Waals surface area contributed by atoms with Gasteiger partial charge in [0.1, 0.15) is 5.69 Å². The van der Waals surface area contributed by atoms with Crippen LogP contribution in [-0.4, -0.2) is 41.4 Å². The summed E-state index contributed by atoms with van der Waals surface area (Å²) in [5.74, 6) is -0.823. The van der Waals surface area contributed by atoms with Gasteiger partial charge in [-0.3, -0.25) is 14.3 Å². The van der Waals surface area contributed by atoms with E-state index in [2.05, 4.69) is 20.5 Å². The number of carbonyl (C=O) groups excluding carboxylic acids is 2. The van der Waals surface area contributed by atoms with E-state index in [1.165, 1.54) is 29.1 Å². The van der Waals surface area contributed by atoms with Gasteiger partial charge in [0.05, 0.1) is 18.5 Å². The molecule has 0 spiro atoms. The predicted molar refractivity (Wildman–Crippen MR) is 103 cm³/mol. The van der Waals surface area contributed by atoms with Crippen LogP contribution in [0.25, 0.3) is 0 Å². The SMILES string of the molecule is CCOc1cc(C(=O)Nc2cnn(C)c2C(=O)NCC(C)C)ccc1OC(F)F. The van der Waals surface area contributed by atoms with E-state index in [1.54, 1.807) is 14.0 Å². The summed E-state index contributed by atoms with van der Waals surface area (Å²) in [4.78, 5) is 25.1. The number of hydrogen-bond donors (Lipinski definition) is 2. The van der Waals surface area contributed by atoms with Crippen molar-refractivity contribution in [3.05, 3.63) is 35.7 Å². The summed E-state index contributed by atoms with van der Waals surface area (Å²) in [5.41, 5.74) is 0.568.